The highest BCUT2D eigenvalue weighted by Gasteiger charge is 2.20. The first-order valence-electron chi connectivity index (χ1n) is 7.33. The van der Waals surface area contributed by atoms with Gasteiger partial charge in [-0.2, -0.15) is 0 Å². The summed E-state index contributed by atoms with van der Waals surface area (Å²) < 4.78 is 0. The Bertz CT molecular complexity index is 428. The Balaban J connectivity index is 2.68. The van der Waals surface area contributed by atoms with Crippen molar-refractivity contribution >= 4 is 11.3 Å². The summed E-state index contributed by atoms with van der Waals surface area (Å²) >= 11 is 1.80. The molecule has 0 amide bonds. The van der Waals surface area contributed by atoms with Gasteiger partial charge in [0.25, 0.3) is 0 Å². The van der Waals surface area contributed by atoms with Gasteiger partial charge in [0.1, 0.15) is 0 Å². The molecule has 114 valence electrons. The Morgan fingerprint density at radius 1 is 1.40 bits per heavy atom. The van der Waals surface area contributed by atoms with Gasteiger partial charge in [-0.1, -0.05) is 19.9 Å². The predicted octanol–water partition coefficient (Wildman–Crippen LogP) is 3.89. The Morgan fingerprint density at radius 2 is 2.05 bits per heavy atom. The van der Waals surface area contributed by atoms with Crippen LogP contribution in [0.25, 0.3) is 0 Å². The van der Waals surface area contributed by atoms with Crippen molar-refractivity contribution in [2.24, 2.45) is 0 Å². The zero-order valence-corrected chi connectivity index (χ0v) is 14.2. The number of hydrogen-bond donors (Lipinski definition) is 1. The van der Waals surface area contributed by atoms with Crippen molar-refractivity contribution in [1.82, 2.24) is 9.88 Å². The molecule has 3 nitrogen and oxygen atoms in total. The van der Waals surface area contributed by atoms with E-state index in [2.05, 4.69) is 51.2 Å². The lowest BCUT2D eigenvalue weighted by atomic mass is 10.1. The number of aromatic nitrogens is 1. The summed E-state index contributed by atoms with van der Waals surface area (Å²) in [5, 5.41) is 11.2. The Morgan fingerprint density at radius 3 is 2.55 bits per heavy atom. The van der Waals surface area contributed by atoms with Crippen molar-refractivity contribution < 1.29 is 5.11 Å². The van der Waals surface area contributed by atoms with Gasteiger partial charge >= 0.3 is 0 Å². The molecule has 0 saturated heterocycles. The molecule has 2 atom stereocenters. The molecule has 0 bridgehead atoms. The molecule has 4 heteroatoms. The fourth-order valence-corrected chi connectivity index (χ4v) is 3.34. The molecule has 1 heterocycles. The van der Waals surface area contributed by atoms with Crippen molar-refractivity contribution in [2.45, 2.75) is 58.6 Å². The molecule has 1 aromatic heterocycles. The molecule has 0 aliphatic heterocycles. The molecule has 0 aromatic carbocycles. The zero-order chi connectivity index (χ0) is 15.3. The number of aliphatic hydroxyl groups is 1. The van der Waals surface area contributed by atoms with Gasteiger partial charge in [-0.25, -0.2) is 4.98 Å². The van der Waals surface area contributed by atoms with Crippen molar-refractivity contribution in [3.05, 3.63) is 28.2 Å². The molecule has 1 N–H and O–H groups in total. The topological polar surface area (TPSA) is 36.4 Å². The molecular weight excluding hydrogens is 268 g/mol. The van der Waals surface area contributed by atoms with E-state index in [4.69, 9.17) is 0 Å². The normalized spacial score (nSPS) is 14.8. The summed E-state index contributed by atoms with van der Waals surface area (Å²) in [6, 6.07) is 0.290. The van der Waals surface area contributed by atoms with Crippen molar-refractivity contribution in [3.8, 4) is 0 Å². The van der Waals surface area contributed by atoms with E-state index in [1.165, 1.54) is 9.88 Å². The zero-order valence-electron chi connectivity index (χ0n) is 13.4. The number of thiazole rings is 1. The monoisotopic (exact) mass is 296 g/mol. The van der Waals surface area contributed by atoms with E-state index in [0.29, 0.717) is 18.5 Å². The van der Waals surface area contributed by atoms with E-state index in [1.54, 1.807) is 11.3 Å². The van der Waals surface area contributed by atoms with Crippen LogP contribution in [0.3, 0.4) is 0 Å². The lowest BCUT2D eigenvalue weighted by Crippen LogP contribution is -2.31. The third-order valence-electron chi connectivity index (χ3n) is 3.59. The average molecular weight is 296 g/mol. The van der Waals surface area contributed by atoms with Gasteiger partial charge in [-0.15, -0.1) is 17.9 Å². The summed E-state index contributed by atoms with van der Waals surface area (Å²) in [6.45, 7) is 13.0. The molecule has 20 heavy (non-hydrogen) atoms. The summed E-state index contributed by atoms with van der Waals surface area (Å²) in [4.78, 5) is 8.18. The molecule has 0 radical (unpaired) electrons. The fraction of sp³-hybridized carbons (Fsp3) is 0.688. The maximum Gasteiger partial charge on any atom is 0.0956 e. The van der Waals surface area contributed by atoms with Crippen LogP contribution in [0.4, 0.5) is 0 Å². The van der Waals surface area contributed by atoms with E-state index >= 15 is 0 Å². The quantitative estimate of drug-likeness (QED) is 0.739. The first-order chi connectivity index (χ1) is 9.36. The minimum absolute atomic E-state index is 0.290. The van der Waals surface area contributed by atoms with Crippen LogP contribution in [-0.4, -0.2) is 34.7 Å². The number of allylic oxidation sites excluding steroid dienone is 1. The van der Waals surface area contributed by atoms with Crippen LogP contribution in [0.5, 0.6) is 0 Å². The third-order valence-corrected chi connectivity index (χ3v) is 5.21. The van der Waals surface area contributed by atoms with Gasteiger partial charge < -0.3 is 5.11 Å². The van der Waals surface area contributed by atoms with E-state index in [9.17, 15) is 5.11 Å². The molecule has 0 saturated carbocycles. The summed E-state index contributed by atoms with van der Waals surface area (Å²) in [5.41, 5.74) is 1.12. The van der Waals surface area contributed by atoms with Crippen molar-refractivity contribution in [2.75, 3.05) is 13.6 Å². The smallest absolute Gasteiger partial charge is 0.0956 e. The Labute approximate surface area is 127 Å². The maximum atomic E-state index is 10.0. The van der Waals surface area contributed by atoms with Crippen LogP contribution in [0.2, 0.25) is 0 Å². The highest BCUT2D eigenvalue weighted by molar-refractivity contribution is 7.11. The fourth-order valence-electron chi connectivity index (χ4n) is 2.16. The van der Waals surface area contributed by atoms with Crippen LogP contribution in [0.1, 0.15) is 61.2 Å². The van der Waals surface area contributed by atoms with Gasteiger partial charge in [0.2, 0.25) is 0 Å². The van der Waals surface area contributed by atoms with Gasteiger partial charge in [0, 0.05) is 23.4 Å². The number of aryl methyl sites for hydroxylation is 1. The first-order valence-corrected chi connectivity index (χ1v) is 8.14. The van der Waals surface area contributed by atoms with Crippen LogP contribution >= 0.6 is 11.3 Å². The van der Waals surface area contributed by atoms with Crippen LogP contribution < -0.4 is 0 Å². The lowest BCUT2D eigenvalue weighted by Gasteiger charge is -2.26. The highest BCUT2D eigenvalue weighted by atomic mass is 32.1. The summed E-state index contributed by atoms with van der Waals surface area (Å²) in [5.74, 6) is 0.475. The number of aliphatic hydroxyl groups excluding tert-OH is 1. The van der Waals surface area contributed by atoms with E-state index in [1.807, 2.05) is 6.08 Å². The molecule has 0 spiro atoms. The number of rotatable bonds is 8. The van der Waals surface area contributed by atoms with E-state index < -0.39 is 0 Å². The molecule has 1 aromatic rings. The second-order valence-electron chi connectivity index (χ2n) is 5.79. The van der Waals surface area contributed by atoms with Crippen molar-refractivity contribution in [3.63, 3.8) is 0 Å². The van der Waals surface area contributed by atoms with Crippen molar-refractivity contribution in [1.29, 1.82) is 0 Å². The van der Waals surface area contributed by atoms with E-state index in [-0.39, 0.29) is 6.10 Å². The largest absolute Gasteiger partial charge is 0.392 e. The molecule has 0 aliphatic rings. The standard InChI is InChI=1S/C16H28N2OS/c1-7-8-9-14(19)10-18(6)13(5)15-12(4)17-16(20-15)11(2)3/h7,11,13-14,19H,1,8-10H2,2-6H3. The maximum absolute atomic E-state index is 10.0. The summed E-state index contributed by atoms with van der Waals surface area (Å²) in [6.07, 6.45) is 3.20. The van der Waals surface area contributed by atoms with Gasteiger partial charge in [0.05, 0.1) is 16.8 Å². The first kappa shape index (κ1) is 17.3. The van der Waals surface area contributed by atoms with Crippen LogP contribution in [0.15, 0.2) is 12.7 Å². The average Bonchev–Trinajstić information content (AvgIpc) is 2.77. The Kier molecular flexibility index (Phi) is 6.86. The minimum atomic E-state index is -0.293. The Hall–Kier alpha value is -0.710. The van der Waals surface area contributed by atoms with Gasteiger partial charge in [0.15, 0.2) is 0 Å². The van der Waals surface area contributed by atoms with Gasteiger partial charge in [-0.05, 0) is 33.7 Å². The number of nitrogens with zero attached hydrogens (tertiary/aromatic N) is 2. The third kappa shape index (κ3) is 4.69. The van der Waals surface area contributed by atoms with Crippen LogP contribution in [-0.2, 0) is 0 Å². The predicted molar refractivity (Wildman–Crippen MR) is 87.4 cm³/mol. The second kappa shape index (κ2) is 7.91. The SMILES string of the molecule is C=CCCC(O)CN(C)C(C)c1sc(C(C)C)nc1C. The van der Waals surface area contributed by atoms with Gasteiger partial charge in [-0.3, -0.25) is 4.90 Å². The number of hydrogen-bond acceptors (Lipinski definition) is 4. The molecular formula is C16H28N2OS. The second-order valence-corrected chi connectivity index (χ2v) is 6.85. The number of likely N-dealkylation sites (N-methyl/N-ethyl adjacent to an activating group) is 1. The van der Waals surface area contributed by atoms with E-state index in [0.717, 1.165) is 18.5 Å². The molecule has 1 rings (SSSR count). The minimum Gasteiger partial charge on any atom is -0.392 e. The lowest BCUT2D eigenvalue weighted by molar-refractivity contribution is 0.102. The molecule has 2 unspecified atom stereocenters. The highest BCUT2D eigenvalue weighted by Crippen LogP contribution is 2.31. The molecule has 0 aliphatic carbocycles. The molecule has 0 fully saturated rings. The van der Waals surface area contributed by atoms with Crippen LogP contribution in [0, 0.1) is 6.92 Å². The summed E-state index contributed by atoms with van der Waals surface area (Å²) in [7, 11) is 2.07.